The van der Waals surface area contributed by atoms with E-state index >= 15 is 0 Å². The van der Waals surface area contributed by atoms with Crippen molar-refractivity contribution in [3.8, 4) is 11.5 Å². The zero-order valence-electron chi connectivity index (χ0n) is 16.6. The lowest BCUT2D eigenvalue weighted by Crippen LogP contribution is -2.23. The number of halogens is 1. The number of fused-ring (bicyclic) bond motifs is 1. The average molecular weight is 474 g/mol. The van der Waals surface area contributed by atoms with Gasteiger partial charge in [0, 0.05) is 10.4 Å². The van der Waals surface area contributed by atoms with Crippen molar-refractivity contribution in [2.45, 2.75) is 19.8 Å². The molecule has 0 atom stereocenters. The molecule has 2 aromatic carbocycles. The Morgan fingerprint density at radius 2 is 2.03 bits per heavy atom. The molecule has 1 heterocycles. The molecule has 1 N–H and O–H groups in total. The summed E-state index contributed by atoms with van der Waals surface area (Å²) in [7, 11) is 1.45. The van der Waals surface area contributed by atoms with Crippen molar-refractivity contribution in [1.82, 2.24) is 9.66 Å². The maximum atomic E-state index is 13.0. The van der Waals surface area contributed by atoms with E-state index in [-0.39, 0.29) is 11.5 Å². The Hall–Kier alpha value is -3.20. The van der Waals surface area contributed by atoms with E-state index in [2.05, 4.69) is 26.0 Å². The Kier molecular flexibility index (Phi) is 6.51. The maximum absolute atomic E-state index is 13.0. The van der Waals surface area contributed by atoms with Gasteiger partial charge in [-0.3, -0.25) is 4.79 Å². The molecule has 0 amide bonds. The number of ether oxygens (including phenoxy) is 2. The number of carbonyl (C=O) groups is 1. The number of aliphatic carboxylic acids is 1. The minimum absolute atomic E-state index is 0.0239. The Morgan fingerprint density at radius 1 is 1.27 bits per heavy atom. The van der Waals surface area contributed by atoms with Crippen molar-refractivity contribution >= 4 is 39.0 Å². The average Bonchev–Trinajstić information content (AvgIpc) is 2.71. The number of carboxylic acid groups (broad SMARTS) is 1. The molecule has 0 aliphatic rings. The summed E-state index contributed by atoms with van der Waals surface area (Å²) >= 11 is 3.38. The third-order valence-corrected chi connectivity index (χ3v) is 4.70. The maximum Gasteiger partial charge on any atom is 0.341 e. The molecule has 0 bridgehead atoms. The van der Waals surface area contributed by atoms with Gasteiger partial charge in [0.2, 0.25) is 0 Å². The summed E-state index contributed by atoms with van der Waals surface area (Å²) < 4.78 is 12.5. The molecule has 0 fully saturated rings. The van der Waals surface area contributed by atoms with E-state index in [0.717, 1.165) is 4.47 Å². The van der Waals surface area contributed by atoms with Crippen molar-refractivity contribution in [1.29, 1.82) is 0 Å². The molecule has 0 radical (unpaired) electrons. The Labute approximate surface area is 180 Å². The molecular formula is C21H20BrN3O5. The molecule has 0 saturated heterocycles. The van der Waals surface area contributed by atoms with Gasteiger partial charge in [0.1, 0.15) is 5.82 Å². The van der Waals surface area contributed by atoms with E-state index in [1.54, 1.807) is 30.3 Å². The van der Waals surface area contributed by atoms with Gasteiger partial charge in [0.15, 0.2) is 18.1 Å². The number of rotatable bonds is 7. The van der Waals surface area contributed by atoms with Crippen LogP contribution in [0, 0.1) is 0 Å². The van der Waals surface area contributed by atoms with Crippen molar-refractivity contribution in [2.75, 3.05) is 13.7 Å². The molecule has 30 heavy (non-hydrogen) atoms. The van der Waals surface area contributed by atoms with Crippen LogP contribution in [0.5, 0.6) is 11.5 Å². The number of benzene rings is 2. The Bertz CT molecular complexity index is 1190. The summed E-state index contributed by atoms with van der Waals surface area (Å²) in [4.78, 5) is 28.4. The smallest absolute Gasteiger partial charge is 0.341 e. The number of nitrogens with zero attached hydrogens (tertiary/aromatic N) is 3. The minimum Gasteiger partial charge on any atom is -0.493 e. The highest BCUT2D eigenvalue weighted by molar-refractivity contribution is 9.10. The van der Waals surface area contributed by atoms with Gasteiger partial charge in [-0.1, -0.05) is 29.8 Å². The zero-order chi connectivity index (χ0) is 21.8. The van der Waals surface area contributed by atoms with Gasteiger partial charge in [-0.15, -0.1) is 0 Å². The van der Waals surface area contributed by atoms with Crippen molar-refractivity contribution in [3.63, 3.8) is 0 Å². The fourth-order valence-corrected chi connectivity index (χ4v) is 3.16. The molecule has 0 aliphatic heterocycles. The SMILES string of the molecule is COc1cc(C=Nn2c(C(C)C)nc3ccc(Br)cc3c2=O)ccc1OCC(=O)O. The van der Waals surface area contributed by atoms with E-state index < -0.39 is 12.6 Å². The Morgan fingerprint density at radius 3 is 2.70 bits per heavy atom. The molecule has 3 rings (SSSR count). The molecule has 9 heteroatoms. The van der Waals surface area contributed by atoms with E-state index in [9.17, 15) is 9.59 Å². The van der Waals surface area contributed by atoms with Gasteiger partial charge in [-0.2, -0.15) is 9.78 Å². The fourth-order valence-electron chi connectivity index (χ4n) is 2.80. The summed E-state index contributed by atoms with van der Waals surface area (Å²) in [5.74, 6) is 0.0916. The second kappa shape index (κ2) is 9.08. The van der Waals surface area contributed by atoms with Crippen LogP contribution in [0.15, 0.2) is 50.8 Å². The lowest BCUT2D eigenvalue weighted by atomic mass is 10.2. The number of carboxylic acids is 1. The largest absolute Gasteiger partial charge is 0.493 e. The number of hydrogen-bond donors (Lipinski definition) is 1. The van der Waals surface area contributed by atoms with Crippen LogP contribution in [0.3, 0.4) is 0 Å². The lowest BCUT2D eigenvalue weighted by molar-refractivity contribution is -0.139. The summed E-state index contributed by atoms with van der Waals surface area (Å²) in [6.45, 7) is 3.40. The summed E-state index contributed by atoms with van der Waals surface area (Å²) in [5, 5.41) is 13.6. The normalized spacial score (nSPS) is 11.4. The van der Waals surface area contributed by atoms with Crippen LogP contribution in [-0.2, 0) is 4.79 Å². The molecule has 156 valence electrons. The van der Waals surface area contributed by atoms with Gasteiger partial charge < -0.3 is 14.6 Å². The monoisotopic (exact) mass is 473 g/mol. The first-order chi connectivity index (χ1) is 14.3. The van der Waals surface area contributed by atoms with Gasteiger partial charge in [-0.05, 0) is 42.0 Å². The number of hydrogen-bond acceptors (Lipinski definition) is 6. The standard InChI is InChI=1S/C21H20BrN3O5/c1-12(2)20-24-16-6-5-14(22)9-15(16)21(28)25(20)23-10-13-4-7-17(18(8-13)29-3)30-11-19(26)27/h4-10,12H,11H2,1-3H3,(H,26,27). The number of methoxy groups -OCH3 is 1. The predicted octanol–water partition coefficient (Wildman–Crippen LogP) is 3.64. The highest BCUT2D eigenvalue weighted by Crippen LogP contribution is 2.27. The third-order valence-electron chi connectivity index (χ3n) is 4.21. The van der Waals surface area contributed by atoms with E-state index in [1.807, 2.05) is 19.9 Å². The van der Waals surface area contributed by atoms with E-state index in [1.165, 1.54) is 18.0 Å². The van der Waals surface area contributed by atoms with Crippen molar-refractivity contribution < 1.29 is 19.4 Å². The molecule has 0 spiro atoms. The minimum atomic E-state index is -1.08. The molecule has 3 aromatic rings. The molecule has 0 aliphatic carbocycles. The quantitative estimate of drug-likeness (QED) is 0.525. The second-order valence-electron chi connectivity index (χ2n) is 6.74. The van der Waals surface area contributed by atoms with Crippen LogP contribution in [0.25, 0.3) is 10.9 Å². The first-order valence-electron chi connectivity index (χ1n) is 9.09. The zero-order valence-corrected chi connectivity index (χ0v) is 18.2. The lowest BCUT2D eigenvalue weighted by Gasteiger charge is -2.12. The van der Waals surface area contributed by atoms with Crippen LogP contribution in [0.1, 0.15) is 31.2 Å². The molecule has 0 saturated carbocycles. The first kappa shape index (κ1) is 21.5. The van der Waals surface area contributed by atoms with Gasteiger partial charge in [0.05, 0.1) is 24.2 Å². The number of aromatic nitrogens is 2. The van der Waals surface area contributed by atoms with E-state index in [0.29, 0.717) is 33.8 Å². The predicted molar refractivity (Wildman–Crippen MR) is 117 cm³/mol. The molecular weight excluding hydrogens is 454 g/mol. The van der Waals surface area contributed by atoms with Gasteiger partial charge in [-0.25, -0.2) is 9.78 Å². The Balaban J connectivity index is 2.03. The first-order valence-corrected chi connectivity index (χ1v) is 9.88. The summed E-state index contributed by atoms with van der Waals surface area (Å²) in [6, 6.07) is 10.3. The van der Waals surface area contributed by atoms with Crippen LogP contribution < -0.4 is 15.0 Å². The highest BCUT2D eigenvalue weighted by atomic mass is 79.9. The molecule has 1 aromatic heterocycles. The topological polar surface area (TPSA) is 103 Å². The second-order valence-corrected chi connectivity index (χ2v) is 7.66. The fraction of sp³-hybridized carbons (Fsp3) is 0.238. The van der Waals surface area contributed by atoms with Crippen molar-refractivity contribution in [3.05, 3.63) is 62.6 Å². The van der Waals surface area contributed by atoms with Crippen LogP contribution in [0.4, 0.5) is 0 Å². The molecule has 0 unspecified atom stereocenters. The van der Waals surface area contributed by atoms with Crippen LogP contribution in [-0.4, -0.2) is 40.7 Å². The van der Waals surface area contributed by atoms with Crippen molar-refractivity contribution in [2.24, 2.45) is 5.10 Å². The van der Waals surface area contributed by atoms with Gasteiger partial charge in [0.25, 0.3) is 5.56 Å². The summed E-state index contributed by atoms with van der Waals surface area (Å²) in [6.07, 6.45) is 1.52. The molecule has 8 nitrogen and oxygen atoms in total. The van der Waals surface area contributed by atoms with Gasteiger partial charge >= 0.3 is 5.97 Å². The highest BCUT2D eigenvalue weighted by Gasteiger charge is 2.14. The van der Waals surface area contributed by atoms with Crippen LogP contribution in [0.2, 0.25) is 0 Å². The third kappa shape index (κ3) is 4.68. The van der Waals surface area contributed by atoms with Crippen LogP contribution >= 0.6 is 15.9 Å². The van der Waals surface area contributed by atoms with E-state index in [4.69, 9.17) is 14.6 Å². The summed E-state index contributed by atoms with van der Waals surface area (Å²) in [5.41, 5.74) is 0.986.